The number of nitrogens with zero attached hydrogens (tertiary/aromatic N) is 3. The van der Waals surface area contributed by atoms with Crippen LogP contribution in [0.3, 0.4) is 0 Å². The van der Waals surface area contributed by atoms with Gasteiger partial charge in [-0.15, -0.1) is 11.6 Å². The topological polar surface area (TPSA) is 21.1 Å². The Hall–Kier alpha value is -0.480. The van der Waals surface area contributed by atoms with Gasteiger partial charge in [0.05, 0.1) is 21.1 Å². The predicted octanol–water partition coefficient (Wildman–Crippen LogP) is 4.39. The van der Waals surface area contributed by atoms with Crippen LogP contribution in [0.5, 0.6) is 0 Å². The first-order valence-corrected chi connectivity index (χ1v) is 8.49. The Kier molecular flexibility index (Phi) is 4.65. The molecule has 6 heteroatoms. The highest BCUT2D eigenvalue weighted by atomic mass is 35.5. The van der Waals surface area contributed by atoms with Gasteiger partial charge in [-0.25, -0.2) is 4.98 Å². The van der Waals surface area contributed by atoms with Gasteiger partial charge in [0.25, 0.3) is 0 Å². The zero-order valence-corrected chi connectivity index (χ0v) is 14.2. The minimum absolute atomic E-state index is 0.421. The van der Waals surface area contributed by atoms with Gasteiger partial charge in [0.2, 0.25) is 0 Å². The number of halogens is 3. The summed E-state index contributed by atoms with van der Waals surface area (Å²) >= 11 is 18.3. The number of aryl methyl sites for hydroxylation is 1. The number of piperidine rings is 1. The summed E-state index contributed by atoms with van der Waals surface area (Å²) < 4.78 is 2.32. The average Bonchev–Trinajstić information content (AvgIpc) is 2.77. The number of alkyl halides is 1. The van der Waals surface area contributed by atoms with Crippen molar-refractivity contribution >= 4 is 45.8 Å². The molecule has 1 aliphatic rings. The fraction of sp³-hybridized carbons (Fsp3) is 0.533. The quantitative estimate of drug-likeness (QED) is 0.769. The molecular weight excluding hydrogens is 329 g/mol. The van der Waals surface area contributed by atoms with Crippen LogP contribution in [0.25, 0.3) is 11.0 Å². The molecule has 114 valence electrons. The molecular formula is C15H18Cl3N3. The van der Waals surface area contributed by atoms with Crippen molar-refractivity contribution in [1.82, 2.24) is 14.5 Å². The van der Waals surface area contributed by atoms with Crippen LogP contribution in [0.15, 0.2) is 12.1 Å². The van der Waals surface area contributed by atoms with Crippen LogP contribution in [0.4, 0.5) is 0 Å². The molecule has 0 aliphatic carbocycles. The first-order valence-electron chi connectivity index (χ1n) is 7.20. The summed E-state index contributed by atoms with van der Waals surface area (Å²) in [6.07, 6.45) is 3.11. The molecule has 21 heavy (non-hydrogen) atoms. The molecule has 3 rings (SSSR count). The second-order valence-electron chi connectivity index (χ2n) is 5.65. The molecule has 0 N–H and O–H groups in total. The molecule has 0 radical (unpaired) electrons. The molecule has 3 nitrogen and oxygen atoms in total. The summed E-state index contributed by atoms with van der Waals surface area (Å²) in [6, 6.07) is 4.20. The normalized spacial score (nSPS) is 20.3. The summed E-state index contributed by atoms with van der Waals surface area (Å²) in [5.74, 6) is 1.59. The van der Waals surface area contributed by atoms with E-state index in [2.05, 4.69) is 16.5 Å². The van der Waals surface area contributed by atoms with Gasteiger partial charge in [0.15, 0.2) is 0 Å². The maximum absolute atomic E-state index is 6.20. The van der Waals surface area contributed by atoms with Crippen LogP contribution in [0.2, 0.25) is 10.0 Å². The summed E-state index contributed by atoms with van der Waals surface area (Å²) in [7, 11) is 2.16. The summed E-state index contributed by atoms with van der Waals surface area (Å²) in [4.78, 5) is 7.08. The van der Waals surface area contributed by atoms with Crippen LogP contribution in [0.1, 0.15) is 24.7 Å². The number of imidazole rings is 1. The van der Waals surface area contributed by atoms with E-state index in [1.54, 1.807) is 0 Å². The number of aromatic nitrogens is 2. The first-order chi connectivity index (χ1) is 10.1. The van der Waals surface area contributed by atoms with Crippen molar-refractivity contribution in [3.8, 4) is 0 Å². The van der Waals surface area contributed by atoms with E-state index in [4.69, 9.17) is 39.8 Å². The van der Waals surface area contributed by atoms with Gasteiger partial charge in [0, 0.05) is 24.9 Å². The van der Waals surface area contributed by atoms with Crippen molar-refractivity contribution in [1.29, 1.82) is 0 Å². The molecule has 2 heterocycles. The van der Waals surface area contributed by atoms with E-state index in [0.717, 1.165) is 42.8 Å². The summed E-state index contributed by atoms with van der Waals surface area (Å²) in [6.45, 7) is 2.18. The van der Waals surface area contributed by atoms with Crippen LogP contribution in [-0.2, 0) is 6.42 Å². The standard InChI is InChI=1S/C15H18Cl3N3/c1-20-6-2-3-10(9-20)21-14-8-12(18)11(17)7-13(14)19-15(21)4-5-16/h7-8,10H,2-6,9H2,1H3. The summed E-state index contributed by atoms with van der Waals surface area (Å²) in [5, 5.41) is 1.12. The lowest BCUT2D eigenvalue weighted by Gasteiger charge is -2.32. The Bertz CT molecular complexity index is 653. The molecule has 0 spiro atoms. The molecule has 2 aromatic rings. The lowest BCUT2D eigenvalue weighted by Crippen LogP contribution is -2.34. The molecule has 0 saturated carbocycles. The molecule has 1 aromatic carbocycles. The zero-order valence-electron chi connectivity index (χ0n) is 12.0. The Morgan fingerprint density at radius 1 is 1.29 bits per heavy atom. The van der Waals surface area contributed by atoms with Crippen molar-refractivity contribution in [2.45, 2.75) is 25.3 Å². The zero-order chi connectivity index (χ0) is 15.0. The van der Waals surface area contributed by atoms with Crippen molar-refractivity contribution in [3.05, 3.63) is 28.0 Å². The van der Waals surface area contributed by atoms with Crippen molar-refractivity contribution in [2.24, 2.45) is 0 Å². The third-order valence-electron chi connectivity index (χ3n) is 4.09. The number of hydrogen-bond donors (Lipinski definition) is 0. The number of likely N-dealkylation sites (tertiary alicyclic amines) is 1. The number of rotatable bonds is 3. The van der Waals surface area contributed by atoms with E-state index in [9.17, 15) is 0 Å². The number of likely N-dealkylation sites (N-methyl/N-ethyl adjacent to an activating group) is 1. The van der Waals surface area contributed by atoms with Crippen LogP contribution in [-0.4, -0.2) is 40.5 Å². The number of benzene rings is 1. The average molecular weight is 347 g/mol. The molecule has 1 fully saturated rings. The van der Waals surface area contributed by atoms with E-state index in [0.29, 0.717) is 22.0 Å². The summed E-state index contributed by atoms with van der Waals surface area (Å²) in [5.41, 5.74) is 1.96. The Morgan fingerprint density at radius 3 is 2.76 bits per heavy atom. The van der Waals surface area contributed by atoms with Crippen molar-refractivity contribution in [2.75, 3.05) is 26.0 Å². The molecule has 0 amide bonds. The van der Waals surface area contributed by atoms with Gasteiger partial charge >= 0.3 is 0 Å². The number of fused-ring (bicyclic) bond motifs is 1. The van der Waals surface area contributed by atoms with Gasteiger partial charge in [-0.2, -0.15) is 0 Å². The number of hydrogen-bond acceptors (Lipinski definition) is 2. The van der Waals surface area contributed by atoms with Gasteiger partial charge in [-0.1, -0.05) is 23.2 Å². The fourth-order valence-corrected chi connectivity index (χ4v) is 3.64. The molecule has 0 bridgehead atoms. The van der Waals surface area contributed by atoms with Crippen LogP contribution in [0, 0.1) is 0 Å². The largest absolute Gasteiger partial charge is 0.323 e. The van der Waals surface area contributed by atoms with Crippen LogP contribution >= 0.6 is 34.8 Å². The van der Waals surface area contributed by atoms with E-state index in [-0.39, 0.29) is 0 Å². The third kappa shape index (κ3) is 3.02. The van der Waals surface area contributed by atoms with E-state index in [1.165, 1.54) is 6.42 Å². The van der Waals surface area contributed by atoms with Crippen molar-refractivity contribution in [3.63, 3.8) is 0 Å². The van der Waals surface area contributed by atoms with E-state index in [1.807, 2.05) is 12.1 Å². The molecule has 1 saturated heterocycles. The highest BCUT2D eigenvalue weighted by Crippen LogP contribution is 2.32. The minimum Gasteiger partial charge on any atom is -0.323 e. The van der Waals surface area contributed by atoms with Gasteiger partial charge in [-0.05, 0) is 38.6 Å². The Morgan fingerprint density at radius 2 is 2.05 bits per heavy atom. The second kappa shape index (κ2) is 6.33. The second-order valence-corrected chi connectivity index (χ2v) is 6.84. The molecule has 1 atom stereocenters. The molecule has 1 aromatic heterocycles. The van der Waals surface area contributed by atoms with E-state index < -0.39 is 0 Å². The van der Waals surface area contributed by atoms with Gasteiger partial charge < -0.3 is 9.47 Å². The van der Waals surface area contributed by atoms with E-state index >= 15 is 0 Å². The first kappa shape index (κ1) is 15.4. The minimum atomic E-state index is 0.421. The predicted molar refractivity (Wildman–Crippen MR) is 89.9 cm³/mol. The smallest absolute Gasteiger partial charge is 0.111 e. The molecule has 1 aliphatic heterocycles. The Labute approximate surface area is 139 Å². The Balaban J connectivity index is 2.12. The maximum atomic E-state index is 6.20. The third-order valence-corrected chi connectivity index (χ3v) is 5.00. The lowest BCUT2D eigenvalue weighted by atomic mass is 10.1. The maximum Gasteiger partial charge on any atom is 0.111 e. The molecule has 1 unspecified atom stereocenters. The monoisotopic (exact) mass is 345 g/mol. The van der Waals surface area contributed by atoms with Gasteiger partial charge in [-0.3, -0.25) is 0 Å². The highest BCUT2D eigenvalue weighted by Gasteiger charge is 2.24. The lowest BCUT2D eigenvalue weighted by molar-refractivity contribution is 0.212. The van der Waals surface area contributed by atoms with Crippen LogP contribution < -0.4 is 0 Å². The highest BCUT2D eigenvalue weighted by molar-refractivity contribution is 6.42. The fourth-order valence-electron chi connectivity index (χ4n) is 3.16. The van der Waals surface area contributed by atoms with Gasteiger partial charge in [0.1, 0.15) is 5.82 Å². The SMILES string of the molecule is CN1CCCC(n2c(CCCl)nc3cc(Cl)c(Cl)cc32)C1. The van der Waals surface area contributed by atoms with Crippen molar-refractivity contribution < 1.29 is 0 Å².